The largest absolute Gasteiger partial charge is 0.444 e. The first kappa shape index (κ1) is 16.7. The van der Waals surface area contributed by atoms with Gasteiger partial charge in [0.15, 0.2) is 0 Å². The molecule has 1 amide bonds. The second-order valence-corrected chi connectivity index (χ2v) is 7.10. The Kier molecular flexibility index (Phi) is 5.40. The summed E-state index contributed by atoms with van der Waals surface area (Å²) in [6.45, 7) is 8.20. The highest BCUT2D eigenvalue weighted by Gasteiger charge is 2.33. The predicted molar refractivity (Wildman–Crippen MR) is 86.7 cm³/mol. The molecular formula is C17H27N3O2. The average molecular weight is 305 g/mol. The molecule has 0 spiro atoms. The first-order valence-electron chi connectivity index (χ1n) is 7.96. The van der Waals surface area contributed by atoms with Crippen LogP contribution in [0.15, 0.2) is 24.4 Å². The molecule has 1 fully saturated rings. The number of nitrogens with one attached hydrogen (secondary N) is 2. The Morgan fingerprint density at radius 1 is 1.36 bits per heavy atom. The van der Waals surface area contributed by atoms with Gasteiger partial charge in [0.25, 0.3) is 0 Å². The average Bonchev–Trinajstić information content (AvgIpc) is 2.46. The van der Waals surface area contributed by atoms with Crippen LogP contribution < -0.4 is 10.6 Å². The van der Waals surface area contributed by atoms with Crippen molar-refractivity contribution in [2.75, 3.05) is 19.6 Å². The van der Waals surface area contributed by atoms with Crippen LogP contribution in [0.1, 0.15) is 39.3 Å². The van der Waals surface area contributed by atoms with E-state index >= 15 is 0 Å². The molecule has 0 saturated carbocycles. The van der Waals surface area contributed by atoms with E-state index in [1.165, 1.54) is 0 Å². The molecule has 0 unspecified atom stereocenters. The van der Waals surface area contributed by atoms with E-state index in [1.807, 2.05) is 39.1 Å². The molecule has 122 valence electrons. The lowest BCUT2D eigenvalue weighted by Gasteiger charge is -2.37. The fraction of sp³-hybridized carbons (Fsp3) is 0.647. The molecule has 2 heterocycles. The Bertz CT molecular complexity index is 476. The number of hydrogen-bond acceptors (Lipinski definition) is 4. The molecule has 0 aromatic carbocycles. The van der Waals surface area contributed by atoms with Crippen molar-refractivity contribution >= 4 is 6.09 Å². The maximum absolute atomic E-state index is 11.9. The molecule has 1 saturated heterocycles. The molecular weight excluding hydrogens is 278 g/mol. The van der Waals surface area contributed by atoms with Gasteiger partial charge in [0.2, 0.25) is 0 Å². The number of piperidine rings is 1. The molecule has 5 heteroatoms. The van der Waals surface area contributed by atoms with Crippen LogP contribution in [0.25, 0.3) is 0 Å². The third-order valence-electron chi connectivity index (χ3n) is 3.95. The molecule has 5 nitrogen and oxygen atoms in total. The SMILES string of the molecule is CC(C)(C)OC(=O)NCC1(Cc2ccccn2)CCNCC1. The third kappa shape index (κ3) is 5.30. The van der Waals surface area contributed by atoms with Crippen molar-refractivity contribution in [3.63, 3.8) is 0 Å². The third-order valence-corrected chi connectivity index (χ3v) is 3.95. The van der Waals surface area contributed by atoms with Gasteiger partial charge < -0.3 is 15.4 Å². The Morgan fingerprint density at radius 3 is 2.68 bits per heavy atom. The highest BCUT2D eigenvalue weighted by Crippen LogP contribution is 2.31. The van der Waals surface area contributed by atoms with E-state index in [2.05, 4.69) is 21.7 Å². The van der Waals surface area contributed by atoms with Crippen molar-refractivity contribution < 1.29 is 9.53 Å². The second kappa shape index (κ2) is 7.09. The summed E-state index contributed by atoms with van der Waals surface area (Å²) in [7, 11) is 0. The molecule has 0 atom stereocenters. The number of hydrogen-bond donors (Lipinski definition) is 2. The summed E-state index contributed by atoms with van der Waals surface area (Å²) in [4.78, 5) is 16.4. The zero-order valence-corrected chi connectivity index (χ0v) is 13.8. The summed E-state index contributed by atoms with van der Waals surface area (Å²) in [6.07, 6.45) is 4.42. The molecule has 0 radical (unpaired) electrons. The lowest BCUT2D eigenvalue weighted by Crippen LogP contribution is -2.47. The summed E-state index contributed by atoms with van der Waals surface area (Å²) in [5.74, 6) is 0. The lowest BCUT2D eigenvalue weighted by molar-refractivity contribution is 0.0485. The van der Waals surface area contributed by atoms with Crippen molar-refractivity contribution in [3.05, 3.63) is 30.1 Å². The number of amides is 1. The summed E-state index contributed by atoms with van der Waals surface area (Å²) in [5, 5.41) is 6.34. The summed E-state index contributed by atoms with van der Waals surface area (Å²) in [6, 6.07) is 5.99. The molecule has 2 rings (SSSR count). The Balaban J connectivity index is 1.98. The Morgan fingerprint density at radius 2 is 2.09 bits per heavy atom. The minimum absolute atomic E-state index is 0.0521. The van der Waals surface area contributed by atoms with E-state index in [9.17, 15) is 4.79 Å². The number of aromatic nitrogens is 1. The molecule has 1 aliphatic heterocycles. The molecule has 22 heavy (non-hydrogen) atoms. The van der Waals surface area contributed by atoms with Gasteiger partial charge in [-0.3, -0.25) is 4.98 Å². The van der Waals surface area contributed by atoms with Crippen LogP contribution >= 0.6 is 0 Å². The van der Waals surface area contributed by atoms with E-state index in [4.69, 9.17) is 4.74 Å². The quantitative estimate of drug-likeness (QED) is 0.897. The normalized spacial score (nSPS) is 17.8. The van der Waals surface area contributed by atoms with E-state index < -0.39 is 5.60 Å². The van der Waals surface area contributed by atoms with Gasteiger partial charge >= 0.3 is 6.09 Å². The first-order chi connectivity index (χ1) is 10.4. The fourth-order valence-electron chi connectivity index (χ4n) is 2.83. The second-order valence-electron chi connectivity index (χ2n) is 7.10. The maximum Gasteiger partial charge on any atom is 0.407 e. The van der Waals surface area contributed by atoms with Crippen LogP contribution in [0, 0.1) is 5.41 Å². The molecule has 1 aromatic heterocycles. The number of nitrogens with zero attached hydrogens (tertiary/aromatic N) is 1. The molecule has 0 aliphatic carbocycles. The van der Waals surface area contributed by atoms with Crippen LogP contribution in [0.4, 0.5) is 4.79 Å². The van der Waals surface area contributed by atoms with Gasteiger partial charge in [-0.1, -0.05) is 6.07 Å². The van der Waals surface area contributed by atoms with E-state index in [0.717, 1.165) is 38.0 Å². The van der Waals surface area contributed by atoms with Crippen LogP contribution in [0.2, 0.25) is 0 Å². The number of ether oxygens (including phenoxy) is 1. The van der Waals surface area contributed by atoms with Crippen molar-refractivity contribution in [2.45, 2.75) is 45.6 Å². The summed E-state index contributed by atoms with van der Waals surface area (Å²) >= 11 is 0. The molecule has 2 N–H and O–H groups in total. The minimum atomic E-state index is -0.466. The highest BCUT2D eigenvalue weighted by molar-refractivity contribution is 5.67. The summed E-state index contributed by atoms with van der Waals surface area (Å²) < 4.78 is 5.34. The van der Waals surface area contributed by atoms with Gasteiger partial charge in [-0.2, -0.15) is 0 Å². The van der Waals surface area contributed by atoms with Crippen molar-refractivity contribution in [3.8, 4) is 0 Å². The number of carbonyl (C=O) groups excluding carboxylic acids is 1. The topological polar surface area (TPSA) is 63.2 Å². The van der Waals surface area contributed by atoms with Crippen molar-refractivity contribution in [1.82, 2.24) is 15.6 Å². The van der Waals surface area contributed by atoms with Gasteiger partial charge in [0, 0.05) is 18.4 Å². The molecule has 1 aliphatic rings. The lowest BCUT2D eigenvalue weighted by atomic mass is 9.75. The smallest absolute Gasteiger partial charge is 0.407 e. The zero-order chi connectivity index (χ0) is 16.1. The van der Waals surface area contributed by atoms with Crippen LogP contribution in [-0.2, 0) is 11.2 Å². The standard InChI is InChI=1S/C17H27N3O2/c1-16(2,3)22-15(21)20-13-17(7-10-18-11-8-17)12-14-6-4-5-9-19-14/h4-6,9,18H,7-8,10-13H2,1-3H3,(H,20,21). The zero-order valence-electron chi connectivity index (χ0n) is 13.8. The summed E-state index contributed by atoms with van der Waals surface area (Å²) in [5.41, 5.74) is 0.665. The highest BCUT2D eigenvalue weighted by atomic mass is 16.6. The maximum atomic E-state index is 11.9. The van der Waals surface area contributed by atoms with E-state index in [0.29, 0.717) is 6.54 Å². The predicted octanol–water partition coefficient (Wildman–Crippen LogP) is 2.52. The van der Waals surface area contributed by atoms with Gasteiger partial charge in [0.05, 0.1) is 0 Å². The number of pyridine rings is 1. The number of alkyl carbamates (subject to hydrolysis) is 1. The van der Waals surface area contributed by atoms with Gasteiger partial charge in [0.1, 0.15) is 5.60 Å². The number of carbonyl (C=O) groups is 1. The first-order valence-corrected chi connectivity index (χ1v) is 7.96. The van der Waals surface area contributed by atoms with Gasteiger partial charge in [-0.15, -0.1) is 0 Å². The monoisotopic (exact) mass is 305 g/mol. The Hall–Kier alpha value is -1.62. The van der Waals surface area contributed by atoms with Crippen molar-refractivity contribution in [1.29, 1.82) is 0 Å². The van der Waals surface area contributed by atoms with Crippen LogP contribution in [0.3, 0.4) is 0 Å². The minimum Gasteiger partial charge on any atom is -0.444 e. The van der Waals surface area contributed by atoms with Crippen molar-refractivity contribution in [2.24, 2.45) is 5.41 Å². The van der Waals surface area contributed by atoms with Crippen LogP contribution in [0.5, 0.6) is 0 Å². The van der Waals surface area contributed by atoms with Gasteiger partial charge in [-0.05, 0) is 70.7 Å². The van der Waals surface area contributed by atoms with Crippen LogP contribution in [-0.4, -0.2) is 36.3 Å². The number of rotatable bonds is 4. The fourth-order valence-corrected chi connectivity index (χ4v) is 2.83. The van der Waals surface area contributed by atoms with Gasteiger partial charge in [-0.25, -0.2) is 4.79 Å². The molecule has 0 bridgehead atoms. The molecule has 1 aromatic rings. The van der Waals surface area contributed by atoms with E-state index in [-0.39, 0.29) is 11.5 Å². The van der Waals surface area contributed by atoms with E-state index in [1.54, 1.807) is 0 Å². The Labute approximate surface area is 132 Å².